The summed E-state index contributed by atoms with van der Waals surface area (Å²) in [6, 6.07) is 0. The zero-order chi connectivity index (χ0) is 17.7. The Kier molecular flexibility index (Phi) is 33.7. The molecular weight excluding hydrogens is 484 g/mol. The van der Waals surface area contributed by atoms with Crippen LogP contribution in [0.15, 0.2) is 0 Å². The van der Waals surface area contributed by atoms with Gasteiger partial charge >= 0.3 is 5.97 Å². The van der Waals surface area contributed by atoms with Crippen LogP contribution in [-0.4, -0.2) is 11.1 Å². The fraction of sp³-hybridized carbons (Fsp3) is 0.955. The number of halogens is 1. The van der Waals surface area contributed by atoms with E-state index >= 15 is 0 Å². The first-order valence-electron chi connectivity index (χ1n) is 11.0. The average molecular weight is 529 g/mol. The summed E-state index contributed by atoms with van der Waals surface area (Å²) in [7, 11) is 0. The summed E-state index contributed by atoms with van der Waals surface area (Å²) in [5, 5.41) is 8.56. The van der Waals surface area contributed by atoms with Crippen molar-refractivity contribution in [3.8, 4) is 0 Å². The minimum atomic E-state index is -0.651. The van der Waals surface area contributed by atoms with Gasteiger partial charge in [0.2, 0.25) is 0 Å². The third-order valence-corrected chi connectivity index (χ3v) is 4.99. The molecule has 1 radical (unpaired) electrons. The van der Waals surface area contributed by atoms with Crippen molar-refractivity contribution >= 4 is 23.0 Å². The van der Waals surface area contributed by atoms with E-state index in [1.54, 1.807) is 0 Å². The normalized spacial score (nSPS) is 10.2. The molecule has 0 bridgehead atoms. The smallest absolute Gasteiger partial charge is 0.303 e. The first-order valence-corrected chi connectivity index (χ1v) is 11.0. The zero-order valence-corrected chi connectivity index (χ0v) is 20.4. The number of hydrogen-bond donors (Lipinski definition) is 1. The molecule has 0 spiro atoms. The summed E-state index contributed by atoms with van der Waals surface area (Å²) in [5.41, 5.74) is 0. The van der Waals surface area contributed by atoms with Gasteiger partial charge in [-0.25, -0.2) is 0 Å². The molecular formula is C22H45AgBrO2. The van der Waals surface area contributed by atoms with Gasteiger partial charge in [-0.2, -0.15) is 0 Å². The van der Waals surface area contributed by atoms with Gasteiger partial charge in [-0.05, 0) is 6.42 Å². The maximum absolute atomic E-state index is 10.4. The van der Waals surface area contributed by atoms with Crippen LogP contribution in [0.4, 0.5) is 0 Å². The molecule has 0 unspecified atom stereocenters. The topological polar surface area (TPSA) is 37.3 Å². The molecule has 0 rings (SSSR count). The fourth-order valence-corrected chi connectivity index (χ4v) is 3.35. The van der Waals surface area contributed by atoms with Gasteiger partial charge in [0.15, 0.2) is 0 Å². The first kappa shape index (κ1) is 31.4. The Balaban J connectivity index is -0.00000264. The van der Waals surface area contributed by atoms with E-state index in [1.807, 2.05) is 0 Å². The van der Waals surface area contributed by atoms with E-state index in [4.69, 9.17) is 5.11 Å². The van der Waals surface area contributed by atoms with Crippen molar-refractivity contribution in [1.29, 1.82) is 0 Å². The van der Waals surface area contributed by atoms with Crippen molar-refractivity contribution in [3.63, 3.8) is 0 Å². The number of carboxylic acid groups (broad SMARTS) is 1. The second kappa shape index (κ2) is 27.9. The van der Waals surface area contributed by atoms with Gasteiger partial charge in [0.1, 0.15) is 0 Å². The van der Waals surface area contributed by atoms with Gasteiger partial charge in [0.05, 0.1) is 0 Å². The predicted octanol–water partition coefficient (Wildman–Crippen LogP) is 8.47. The number of aliphatic carboxylic acids is 1. The van der Waals surface area contributed by atoms with Crippen LogP contribution in [0.3, 0.4) is 0 Å². The third-order valence-electron chi connectivity index (χ3n) is 4.99. The first-order chi connectivity index (χ1) is 11.8. The van der Waals surface area contributed by atoms with E-state index in [0.29, 0.717) is 6.42 Å². The van der Waals surface area contributed by atoms with E-state index in [-0.39, 0.29) is 39.4 Å². The fourth-order valence-electron chi connectivity index (χ4n) is 3.35. The van der Waals surface area contributed by atoms with Gasteiger partial charge in [0, 0.05) is 28.8 Å². The van der Waals surface area contributed by atoms with Gasteiger partial charge in [-0.1, -0.05) is 122 Å². The van der Waals surface area contributed by atoms with Gasteiger partial charge in [0.25, 0.3) is 0 Å². The van der Waals surface area contributed by atoms with Crippen LogP contribution < -0.4 is 0 Å². The Morgan fingerprint density at radius 2 is 0.769 bits per heavy atom. The third kappa shape index (κ3) is 29.5. The Labute approximate surface area is 190 Å². The van der Waals surface area contributed by atoms with Crippen LogP contribution in [0.1, 0.15) is 135 Å². The SMILES string of the molecule is Br.CCCCCCCCCCCCCCCCCCCCCC(=O)O.[Ag]. The van der Waals surface area contributed by atoms with Gasteiger partial charge in [-0.3, -0.25) is 4.79 Å². The minimum absolute atomic E-state index is 0. The Bertz CT molecular complexity index is 263. The van der Waals surface area contributed by atoms with Crippen molar-refractivity contribution in [2.75, 3.05) is 0 Å². The zero-order valence-electron chi connectivity index (χ0n) is 17.2. The maximum atomic E-state index is 10.4. The van der Waals surface area contributed by atoms with E-state index in [9.17, 15) is 4.79 Å². The van der Waals surface area contributed by atoms with Crippen LogP contribution in [-0.2, 0) is 27.2 Å². The molecule has 0 fully saturated rings. The Morgan fingerprint density at radius 1 is 0.538 bits per heavy atom. The number of carboxylic acids is 1. The molecule has 0 atom stereocenters. The molecule has 26 heavy (non-hydrogen) atoms. The molecule has 2 nitrogen and oxygen atoms in total. The van der Waals surface area contributed by atoms with Crippen molar-refractivity contribution in [3.05, 3.63) is 0 Å². The van der Waals surface area contributed by atoms with Crippen molar-refractivity contribution in [2.45, 2.75) is 135 Å². The molecule has 0 heterocycles. The molecule has 0 aromatic rings. The minimum Gasteiger partial charge on any atom is -0.481 e. The molecule has 0 aliphatic rings. The molecule has 163 valence electrons. The molecule has 0 aromatic heterocycles. The van der Waals surface area contributed by atoms with Crippen LogP contribution in [0.25, 0.3) is 0 Å². The second-order valence-electron chi connectivity index (χ2n) is 7.51. The molecule has 4 heteroatoms. The van der Waals surface area contributed by atoms with Crippen LogP contribution in [0.2, 0.25) is 0 Å². The summed E-state index contributed by atoms with van der Waals surface area (Å²) in [6.07, 6.45) is 26.1. The van der Waals surface area contributed by atoms with E-state index in [0.717, 1.165) is 12.8 Å². The Morgan fingerprint density at radius 3 is 1.00 bits per heavy atom. The quantitative estimate of drug-likeness (QED) is 0.127. The van der Waals surface area contributed by atoms with E-state index < -0.39 is 5.97 Å². The summed E-state index contributed by atoms with van der Waals surface area (Å²) in [5.74, 6) is -0.651. The molecule has 1 N–H and O–H groups in total. The van der Waals surface area contributed by atoms with E-state index in [1.165, 1.54) is 109 Å². The van der Waals surface area contributed by atoms with Crippen LogP contribution in [0, 0.1) is 0 Å². The van der Waals surface area contributed by atoms with Crippen molar-refractivity contribution in [1.82, 2.24) is 0 Å². The second-order valence-corrected chi connectivity index (χ2v) is 7.51. The van der Waals surface area contributed by atoms with Gasteiger partial charge < -0.3 is 5.11 Å². The number of carbonyl (C=O) groups is 1. The standard InChI is InChI=1S/C22H44O2.Ag.BrH/c1-2-3-4-5-6-7-8-9-10-11-12-13-14-15-16-17-18-19-20-21-22(23)24;;/h2-21H2,1H3,(H,23,24);;1H. The maximum Gasteiger partial charge on any atom is 0.303 e. The summed E-state index contributed by atoms with van der Waals surface area (Å²) >= 11 is 0. The van der Waals surface area contributed by atoms with Crippen LogP contribution in [0.5, 0.6) is 0 Å². The molecule has 0 amide bonds. The molecule has 0 aromatic carbocycles. The average Bonchev–Trinajstić information content (AvgIpc) is 2.56. The molecule has 0 saturated carbocycles. The number of rotatable bonds is 20. The van der Waals surface area contributed by atoms with Crippen LogP contribution >= 0.6 is 17.0 Å². The Hall–Kier alpha value is 0.690. The van der Waals surface area contributed by atoms with E-state index in [2.05, 4.69) is 6.92 Å². The summed E-state index contributed by atoms with van der Waals surface area (Å²) < 4.78 is 0. The number of hydrogen-bond acceptors (Lipinski definition) is 1. The largest absolute Gasteiger partial charge is 0.481 e. The predicted molar refractivity (Wildman–Crippen MR) is 116 cm³/mol. The molecule has 0 aliphatic heterocycles. The molecule has 0 saturated heterocycles. The number of unbranched alkanes of at least 4 members (excludes halogenated alkanes) is 18. The summed E-state index contributed by atoms with van der Waals surface area (Å²) in [4.78, 5) is 10.4. The van der Waals surface area contributed by atoms with Crippen molar-refractivity contribution in [2.24, 2.45) is 0 Å². The van der Waals surface area contributed by atoms with Crippen molar-refractivity contribution < 1.29 is 32.3 Å². The summed E-state index contributed by atoms with van der Waals surface area (Å²) in [6.45, 7) is 2.28. The monoisotopic (exact) mass is 527 g/mol. The molecule has 0 aliphatic carbocycles. The van der Waals surface area contributed by atoms with Gasteiger partial charge in [-0.15, -0.1) is 17.0 Å².